The van der Waals surface area contributed by atoms with Crippen LogP contribution in [0.3, 0.4) is 0 Å². The van der Waals surface area contributed by atoms with Crippen molar-refractivity contribution in [3.63, 3.8) is 0 Å². The van der Waals surface area contributed by atoms with Gasteiger partial charge < -0.3 is 15.7 Å². The van der Waals surface area contributed by atoms with Crippen LogP contribution < -0.4 is 5.73 Å². The number of carboxylic acids is 1. The standard InChI is InChI=1S/C14H26N2O3/c1-9-7-8-16(12(9)14(18)19)13(17)10(2)5-4-6-11(3)15/h9-12H,4-8,15H2,1-3H3,(H,18,19). The van der Waals surface area contributed by atoms with Crippen molar-refractivity contribution in [2.24, 2.45) is 17.6 Å². The van der Waals surface area contributed by atoms with Crippen LogP contribution in [0.15, 0.2) is 0 Å². The van der Waals surface area contributed by atoms with E-state index in [4.69, 9.17) is 5.73 Å². The Hall–Kier alpha value is -1.10. The summed E-state index contributed by atoms with van der Waals surface area (Å²) >= 11 is 0. The molecule has 0 saturated carbocycles. The average Bonchev–Trinajstić information content (AvgIpc) is 2.69. The van der Waals surface area contributed by atoms with E-state index in [1.807, 2.05) is 20.8 Å². The number of hydrogen-bond donors (Lipinski definition) is 2. The highest BCUT2D eigenvalue weighted by Crippen LogP contribution is 2.26. The lowest BCUT2D eigenvalue weighted by Crippen LogP contribution is -2.45. The van der Waals surface area contributed by atoms with Crippen molar-refractivity contribution >= 4 is 11.9 Å². The minimum atomic E-state index is -0.888. The summed E-state index contributed by atoms with van der Waals surface area (Å²) in [4.78, 5) is 25.1. The molecule has 0 radical (unpaired) electrons. The monoisotopic (exact) mass is 270 g/mol. The van der Waals surface area contributed by atoms with Crippen molar-refractivity contribution in [3.8, 4) is 0 Å². The van der Waals surface area contributed by atoms with Gasteiger partial charge in [-0.2, -0.15) is 0 Å². The van der Waals surface area contributed by atoms with E-state index in [1.54, 1.807) is 4.90 Å². The molecule has 1 amide bonds. The highest BCUT2D eigenvalue weighted by molar-refractivity contribution is 5.85. The van der Waals surface area contributed by atoms with Gasteiger partial charge in [-0.05, 0) is 32.1 Å². The van der Waals surface area contributed by atoms with Crippen LogP contribution in [0.25, 0.3) is 0 Å². The number of hydrogen-bond acceptors (Lipinski definition) is 3. The maximum Gasteiger partial charge on any atom is 0.326 e. The molecule has 1 heterocycles. The summed E-state index contributed by atoms with van der Waals surface area (Å²) in [6, 6.07) is -0.496. The summed E-state index contributed by atoms with van der Waals surface area (Å²) < 4.78 is 0. The molecule has 1 fully saturated rings. The minimum absolute atomic E-state index is 0.0265. The molecule has 0 aromatic rings. The maximum absolute atomic E-state index is 12.3. The number of aliphatic carboxylic acids is 1. The first-order valence-corrected chi connectivity index (χ1v) is 7.13. The molecule has 5 nitrogen and oxygen atoms in total. The fourth-order valence-electron chi connectivity index (χ4n) is 2.72. The van der Waals surface area contributed by atoms with Crippen LogP contribution in [-0.2, 0) is 9.59 Å². The van der Waals surface area contributed by atoms with Crippen molar-refractivity contribution in [3.05, 3.63) is 0 Å². The van der Waals surface area contributed by atoms with Crippen molar-refractivity contribution in [2.45, 2.75) is 58.5 Å². The maximum atomic E-state index is 12.3. The van der Waals surface area contributed by atoms with Gasteiger partial charge in [0.2, 0.25) is 5.91 Å². The van der Waals surface area contributed by atoms with E-state index in [1.165, 1.54) is 0 Å². The quantitative estimate of drug-likeness (QED) is 0.765. The summed E-state index contributed by atoms with van der Waals surface area (Å²) in [7, 11) is 0. The zero-order valence-electron chi connectivity index (χ0n) is 12.1. The molecule has 0 aromatic carbocycles. The molecule has 110 valence electrons. The van der Waals surface area contributed by atoms with Gasteiger partial charge in [-0.3, -0.25) is 4.79 Å². The van der Waals surface area contributed by atoms with Gasteiger partial charge in [0.1, 0.15) is 6.04 Å². The van der Waals surface area contributed by atoms with Gasteiger partial charge in [0.05, 0.1) is 0 Å². The predicted octanol–water partition coefficient (Wildman–Crippen LogP) is 1.46. The normalized spacial score (nSPS) is 26.2. The summed E-state index contributed by atoms with van der Waals surface area (Å²) in [5, 5.41) is 9.22. The van der Waals surface area contributed by atoms with Crippen LogP contribution in [0.1, 0.15) is 46.5 Å². The summed E-state index contributed by atoms with van der Waals surface area (Å²) in [5.74, 6) is -0.994. The number of rotatable bonds is 6. The Morgan fingerprint density at radius 2 is 2.00 bits per heavy atom. The van der Waals surface area contributed by atoms with Crippen LogP contribution in [0, 0.1) is 11.8 Å². The molecule has 4 unspecified atom stereocenters. The van der Waals surface area contributed by atoms with Crippen LogP contribution in [0.5, 0.6) is 0 Å². The second kappa shape index (κ2) is 6.89. The van der Waals surface area contributed by atoms with E-state index >= 15 is 0 Å². The van der Waals surface area contributed by atoms with Gasteiger partial charge in [-0.1, -0.05) is 20.3 Å². The third-order valence-corrected chi connectivity index (χ3v) is 3.95. The molecular formula is C14H26N2O3. The minimum Gasteiger partial charge on any atom is -0.480 e. The number of carbonyl (C=O) groups is 2. The lowest BCUT2D eigenvalue weighted by molar-refractivity contribution is -0.150. The lowest BCUT2D eigenvalue weighted by atomic mass is 9.99. The Bertz CT molecular complexity index is 331. The summed E-state index contributed by atoms with van der Waals surface area (Å²) in [6.45, 7) is 6.29. The number of carboxylic acid groups (broad SMARTS) is 1. The Labute approximate surface area is 115 Å². The highest BCUT2D eigenvalue weighted by atomic mass is 16.4. The zero-order chi connectivity index (χ0) is 14.6. The third kappa shape index (κ3) is 4.20. The molecule has 0 spiro atoms. The highest BCUT2D eigenvalue weighted by Gasteiger charge is 2.40. The number of carbonyl (C=O) groups excluding carboxylic acids is 1. The Morgan fingerprint density at radius 1 is 1.37 bits per heavy atom. The molecule has 1 aliphatic heterocycles. The fourth-order valence-corrected chi connectivity index (χ4v) is 2.72. The molecular weight excluding hydrogens is 244 g/mol. The van der Waals surface area contributed by atoms with Crippen molar-refractivity contribution < 1.29 is 14.7 Å². The predicted molar refractivity (Wildman–Crippen MR) is 73.6 cm³/mol. The molecule has 4 atom stereocenters. The topological polar surface area (TPSA) is 83.6 Å². The molecule has 3 N–H and O–H groups in total. The SMILES string of the molecule is CC(N)CCCC(C)C(=O)N1CCC(C)C1C(=O)O. The Morgan fingerprint density at radius 3 is 2.53 bits per heavy atom. The molecule has 19 heavy (non-hydrogen) atoms. The van der Waals surface area contributed by atoms with Crippen molar-refractivity contribution in [1.29, 1.82) is 0 Å². The average molecular weight is 270 g/mol. The lowest BCUT2D eigenvalue weighted by Gasteiger charge is -2.26. The molecule has 1 aliphatic rings. The van der Waals surface area contributed by atoms with Crippen LogP contribution in [-0.4, -0.2) is 40.5 Å². The number of nitrogens with zero attached hydrogens (tertiary/aromatic N) is 1. The zero-order valence-corrected chi connectivity index (χ0v) is 12.1. The van der Waals surface area contributed by atoms with Crippen molar-refractivity contribution in [1.82, 2.24) is 4.90 Å². The smallest absolute Gasteiger partial charge is 0.326 e. The van der Waals surface area contributed by atoms with Crippen molar-refractivity contribution in [2.75, 3.05) is 6.54 Å². The second-order valence-electron chi connectivity index (χ2n) is 5.89. The number of amides is 1. The van der Waals surface area contributed by atoms with Gasteiger partial charge in [-0.25, -0.2) is 4.79 Å². The number of nitrogens with two attached hydrogens (primary N) is 1. The first kappa shape index (κ1) is 16.0. The van der Waals surface area contributed by atoms with Crippen LogP contribution >= 0.6 is 0 Å². The molecule has 5 heteroatoms. The van der Waals surface area contributed by atoms with Gasteiger partial charge in [0.25, 0.3) is 0 Å². The van der Waals surface area contributed by atoms with E-state index in [9.17, 15) is 14.7 Å². The number of likely N-dealkylation sites (tertiary alicyclic amines) is 1. The molecule has 1 rings (SSSR count). The Kier molecular flexibility index (Phi) is 5.79. The fraction of sp³-hybridized carbons (Fsp3) is 0.857. The molecule has 0 bridgehead atoms. The first-order valence-electron chi connectivity index (χ1n) is 7.13. The van der Waals surface area contributed by atoms with Crippen LogP contribution in [0.2, 0.25) is 0 Å². The van der Waals surface area contributed by atoms with E-state index in [-0.39, 0.29) is 23.8 Å². The third-order valence-electron chi connectivity index (χ3n) is 3.95. The van der Waals surface area contributed by atoms with Gasteiger partial charge in [-0.15, -0.1) is 0 Å². The van der Waals surface area contributed by atoms with Gasteiger partial charge >= 0.3 is 5.97 Å². The first-order chi connectivity index (χ1) is 8.84. The van der Waals surface area contributed by atoms with Crippen LogP contribution in [0.4, 0.5) is 0 Å². The Balaban J connectivity index is 2.54. The van der Waals surface area contributed by atoms with E-state index in [2.05, 4.69) is 0 Å². The molecule has 0 aliphatic carbocycles. The van der Waals surface area contributed by atoms with E-state index in [0.717, 1.165) is 25.7 Å². The largest absolute Gasteiger partial charge is 0.480 e. The van der Waals surface area contributed by atoms with Gasteiger partial charge in [0.15, 0.2) is 0 Å². The second-order valence-corrected chi connectivity index (χ2v) is 5.89. The summed E-state index contributed by atoms with van der Waals surface area (Å²) in [5.41, 5.74) is 5.68. The molecule has 1 saturated heterocycles. The van der Waals surface area contributed by atoms with E-state index in [0.29, 0.717) is 6.54 Å². The summed E-state index contributed by atoms with van der Waals surface area (Å²) in [6.07, 6.45) is 3.36. The molecule has 0 aromatic heterocycles. The van der Waals surface area contributed by atoms with Gasteiger partial charge in [0, 0.05) is 18.5 Å². The van der Waals surface area contributed by atoms with E-state index < -0.39 is 12.0 Å².